The molecular weight excluding hydrogens is 415 g/mol. The summed E-state index contributed by atoms with van der Waals surface area (Å²) in [6, 6.07) is 15.2. The van der Waals surface area contributed by atoms with Crippen LogP contribution in [0.2, 0.25) is 0 Å². The molecule has 0 saturated carbocycles. The summed E-state index contributed by atoms with van der Waals surface area (Å²) in [6.45, 7) is 2.40. The van der Waals surface area contributed by atoms with Crippen LogP contribution in [0.4, 0.5) is 10.1 Å². The zero-order valence-corrected chi connectivity index (χ0v) is 17.5. The topological polar surface area (TPSA) is 91.4 Å². The maximum Gasteiger partial charge on any atom is 0.274 e. The van der Waals surface area contributed by atoms with Crippen LogP contribution in [0.15, 0.2) is 65.3 Å². The van der Waals surface area contributed by atoms with Gasteiger partial charge in [-0.2, -0.15) is 4.98 Å². The van der Waals surface area contributed by atoms with Crippen LogP contribution < -0.4 is 14.8 Å². The maximum atomic E-state index is 14.0. The Bertz CT molecular complexity index is 1230. The van der Waals surface area contributed by atoms with E-state index in [1.807, 2.05) is 19.1 Å². The number of ether oxygens (including phenoxy) is 2. The summed E-state index contributed by atoms with van der Waals surface area (Å²) in [7, 11) is 1.39. The molecule has 1 N–H and O–H groups in total. The SMILES string of the molecule is CCOc1ccccc1NC(=O)Cn1cccc1-c1nc(-c2ccc(OC)c(F)c2)no1. The number of benzene rings is 2. The number of nitrogens with zero attached hydrogens (tertiary/aromatic N) is 3. The number of carbonyl (C=O) groups excluding carboxylic acids is 1. The Labute approximate surface area is 183 Å². The monoisotopic (exact) mass is 436 g/mol. The molecule has 0 fully saturated rings. The van der Waals surface area contributed by atoms with Gasteiger partial charge in [-0.05, 0) is 49.4 Å². The summed E-state index contributed by atoms with van der Waals surface area (Å²) >= 11 is 0. The van der Waals surface area contributed by atoms with Crippen LogP contribution in [0.3, 0.4) is 0 Å². The lowest BCUT2D eigenvalue weighted by Gasteiger charge is -2.12. The van der Waals surface area contributed by atoms with Crippen LogP contribution in [-0.4, -0.2) is 34.3 Å². The largest absolute Gasteiger partial charge is 0.494 e. The van der Waals surface area contributed by atoms with Crippen LogP contribution in [0.25, 0.3) is 23.0 Å². The van der Waals surface area contributed by atoms with Crippen molar-refractivity contribution in [3.63, 3.8) is 0 Å². The van der Waals surface area contributed by atoms with Crippen molar-refractivity contribution in [2.75, 3.05) is 19.0 Å². The summed E-state index contributed by atoms with van der Waals surface area (Å²) in [4.78, 5) is 17.0. The van der Waals surface area contributed by atoms with Gasteiger partial charge in [-0.3, -0.25) is 4.79 Å². The lowest BCUT2D eigenvalue weighted by molar-refractivity contribution is -0.116. The van der Waals surface area contributed by atoms with Crippen molar-refractivity contribution in [2.45, 2.75) is 13.5 Å². The number of nitrogens with one attached hydrogen (secondary N) is 1. The third-order valence-electron chi connectivity index (χ3n) is 4.66. The Morgan fingerprint density at radius 1 is 1.16 bits per heavy atom. The number of carbonyl (C=O) groups is 1. The van der Waals surface area contributed by atoms with E-state index in [4.69, 9.17) is 14.0 Å². The fourth-order valence-corrected chi connectivity index (χ4v) is 3.19. The third kappa shape index (κ3) is 4.46. The number of para-hydroxylation sites is 2. The Hall–Kier alpha value is -4.14. The Kier molecular flexibility index (Phi) is 6.16. The first-order chi connectivity index (χ1) is 15.6. The zero-order chi connectivity index (χ0) is 22.5. The number of methoxy groups -OCH3 is 1. The van der Waals surface area contributed by atoms with Gasteiger partial charge in [-0.1, -0.05) is 17.3 Å². The molecule has 164 valence electrons. The van der Waals surface area contributed by atoms with E-state index in [1.165, 1.54) is 19.2 Å². The molecule has 0 aliphatic heterocycles. The second-order valence-corrected chi connectivity index (χ2v) is 6.77. The number of aromatic nitrogens is 3. The van der Waals surface area contributed by atoms with Gasteiger partial charge in [0.1, 0.15) is 18.0 Å². The highest BCUT2D eigenvalue weighted by Crippen LogP contribution is 2.27. The lowest BCUT2D eigenvalue weighted by atomic mass is 10.2. The van der Waals surface area contributed by atoms with Gasteiger partial charge < -0.3 is 23.9 Å². The molecule has 32 heavy (non-hydrogen) atoms. The molecule has 0 bridgehead atoms. The second kappa shape index (κ2) is 9.34. The predicted molar refractivity (Wildman–Crippen MR) is 116 cm³/mol. The van der Waals surface area contributed by atoms with Gasteiger partial charge in [0.25, 0.3) is 5.89 Å². The minimum absolute atomic E-state index is 0.0255. The van der Waals surface area contributed by atoms with Crippen molar-refractivity contribution in [2.24, 2.45) is 0 Å². The highest BCUT2D eigenvalue weighted by atomic mass is 19.1. The zero-order valence-electron chi connectivity index (χ0n) is 17.5. The molecule has 8 nitrogen and oxygen atoms in total. The van der Waals surface area contributed by atoms with E-state index in [-0.39, 0.29) is 29.9 Å². The molecule has 0 aliphatic rings. The summed E-state index contributed by atoms with van der Waals surface area (Å²) in [6.07, 6.45) is 1.74. The van der Waals surface area contributed by atoms with E-state index < -0.39 is 5.82 Å². The molecular formula is C23H21FN4O4. The van der Waals surface area contributed by atoms with Crippen molar-refractivity contribution in [3.8, 4) is 34.5 Å². The molecule has 0 atom stereocenters. The minimum Gasteiger partial charge on any atom is -0.494 e. The molecule has 0 unspecified atom stereocenters. The second-order valence-electron chi connectivity index (χ2n) is 6.77. The van der Waals surface area contributed by atoms with Gasteiger partial charge in [0, 0.05) is 11.8 Å². The van der Waals surface area contributed by atoms with Gasteiger partial charge in [-0.25, -0.2) is 4.39 Å². The number of anilines is 1. The Morgan fingerprint density at radius 2 is 2.00 bits per heavy atom. The number of hydrogen-bond acceptors (Lipinski definition) is 6. The third-order valence-corrected chi connectivity index (χ3v) is 4.66. The number of rotatable bonds is 8. The van der Waals surface area contributed by atoms with Crippen molar-refractivity contribution in [1.29, 1.82) is 0 Å². The quantitative estimate of drug-likeness (QED) is 0.441. The van der Waals surface area contributed by atoms with E-state index in [0.29, 0.717) is 29.3 Å². The van der Waals surface area contributed by atoms with Crippen molar-refractivity contribution < 1.29 is 23.2 Å². The first-order valence-electron chi connectivity index (χ1n) is 9.94. The van der Waals surface area contributed by atoms with E-state index in [2.05, 4.69) is 15.5 Å². The number of hydrogen-bond donors (Lipinski definition) is 1. The van der Waals surface area contributed by atoms with Gasteiger partial charge in [-0.15, -0.1) is 0 Å². The molecule has 2 heterocycles. The molecule has 4 aromatic rings. The predicted octanol–water partition coefficient (Wildman–Crippen LogP) is 4.39. The molecule has 0 spiro atoms. The lowest BCUT2D eigenvalue weighted by Crippen LogP contribution is -2.19. The summed E-state index contributed by atoms with van der Waals surface area (Å²) in [5, 5.41) is 6.79. The fourth-order valence-electron chi connectivity index (χ4n) is 3.19. The van der Waals surface area contributed by atoms with Crippen LogP contribution in [0, 0.1) is 5.82 Å². The summed E-state index contributed by atoms with van der Waals surface area (Å²) < 4.78 is 31.5. The first-order valence-corrected chi connectivity index (χ1v) is 9.94. The van der Waals surface area contributed by atoms with Crippen LogP contribution in [0.5, 0.6) is 11.5 Å². The fraction of sp³-hybridized carbons (Fsp3) is 0.174. The molecule has 0 radical (unpaired) electrons. The van der Waals surface area contributed by atoms with Gasteiger partial charge in [0.05, 0.1) is 19.4 Å². The maximum absolute atomic E-state index is 14.0. The van der Waals surface area contributed by atoms with E-state index in [1.54, 1.807) is 41.1 Å². The highest BCUT2D eigenvalue weighted by Gasteiger charge is 2.17. The molecule has 0 saturated heterocycles. The van der Waals surface area contributed by atoms with E-state index >= 15 is 0 Å². The molecule has 2 aromatic carbocycles. The Morgan fingerprint density at radius 3 is 2.78 bits per heavy atom. The summed E-state index contributed by atoms with van der Waals surface area (Å²) in [5.41, 5.74) is 1.60. The average Bonchev–Trinajstić information content (AvgIpc) is 3.44. The molecule has 4 rings (SSSR count). The smallest absolute Gasteiger partial charge is 0.274 e. The molecule has 2 aromatic heterocycles. The molecule has 0 aliphatic carbocycles. The highest BCUT2D eigenvalue weighted by molar-refractivity contribution is 5.92. The first kappa shape index (κ1) is 21.1. The van der Waals surface area contributed by atoms with Crippen molar-refractivity contribution in [1.82, 2.24) is 14.7 Å². The summed E-state index contributed by atoms with van der Waals surface area (Å²) in [5.74, 6) is 0.399. The van der Waals surface area contributed by atoms with Gasteiger partial charge in [0.2, 0.25) is 11.7 Å². The minimum atomic E-state index is -0.524. The van der Waals surface area contributed by atoms with E-state index in [0.717, 1.165) is 0 Å². The van der Waals surface area contributed by atoms with Gasteiger partial charge >= 0.3 is 0 Å². The van der Waals surface area contributed by atoms with Crippen molar-refractivity contribution >= 4 is 11.6 Å². The number of amides is 1. The van der Waals surface area contributed by atoms with Crippen molar-refractivity contribution in [3.05, 3.63) is 66.6 Å². The Balaban J connectivity index is 1.51. The van der Waals surface area contributed by atoms with Gasteiger partial charge in [0.15, 0.2) is 11.6 Å². The molecule has 9 heteroatoms. The standard InChI is InChI=1S/C23H21FN4O4/c1-3-31-20-9-5-4-7-17(20)25-21(29)14-28-12-6-8-18(28)23-26-22(27-32-23)15-10-11-19(30-2)16(24)13-15/h4-13H,3,14H2,1-2H3,(H,25,29). The van der Waals surface area contributed by atoms with Crippen LogP contribution in [-0.2, 0) is 11.3 Å². The van der Waals surface area contributed by atoms with E-state index in [9.17, 15) is 9.18 Å². The molecule has 1 amide bonds. The van der Waals surface area contributed by atoms with Crippen LogP contribution in [0.1, 0.15) is 6.92 Å². The normalized spacial score (nSPS) is 10.7. The average molecular weight is 436 g/mol. The number of halogens is 1. The van der Waals surface area contributed by atoms with Crippen LogP contribution >= 0.6 is 0 Å².